The number of hydrogen-bond donors (Lipinski definition) is 0. The van der Waals surface area contributed by atoms with Crippen LogP contribution in [0.2, 0.25) is 5.02 Å². The van der Waals surface area contributed by atoms with Gasteiger partial charge in [0.2, 0.25) is 0 Å². The van der Waals surface area contributed by atoms with Crippen LogP contribution in [-0.2, 0) is 21.1 Å². The van der Waals surface area contributed by atoms with Crippen molar-refractivity contribution >= 4 is 22.6 Å². The highest BCUT2D eigenvalue weighted by Gasteiger charge is 2.14. The van der Waals surface area contributed by atoms with Crippen LogP contribution in [0.5, 0.6) is 0 Å². The van der Waals surface area contributed by atoms with E-state index in [-0.39, 0.29) is 11.2 Å². The molecule has 0 N–H and O–H groups in total. The van der Waals surface area contributed by atoms with Crippen molar-refractivity contribution in [3.63, 3.8) is 0 Å². The molecule has 2 heterocycles. The Morgan fingerprint density at radius 2 is 1.70 bits per heavy atom. The van der Waals surface area contributed by atoms with Crippen molar-refractivity contribution in [1.29, 1.82) is 0 Å². The molecule has 0 radical (unpaired) electrons. The normalized spacial score (nSPS) is 10.6. The smallest absolute Gasteiger partial charge is 0.331 e. The summed E-state index contributed by atoms with van der Waals surface area (Å²) in [5, 5.41) is 0.616. The molecule has 2 aromatic heterocycles. The molecular formula is C17H14ClN3O2. The molecule has 0 aliphatic carbocycles. The molecule has 23 heavy (non-hydrogen) atoms. The van der Waals surface area contributed by atoms with Crippen LogP contribution >= 0.6 is 11.6 Å². The topological polar surface area (TPSA) is 48.9 Å². The van der Waals surface area contributed by atoms with Gasteiger partial charge in [0.15, 0.2) is 0 Å². The number of aryl methyl sites for hydroxylation is 2. The van der Waals surface area contributed by atoms with Gasteiger partial charge in [0.05, 0.1) is 11.2 Å². The highest BCUT2D eigenvalue weighted by atomic mass is 35.5. The Hall–Kier alpha value is -2.71. The lowest BCUT2D eigenvalue weighted by molar-refractivity contribution is 0.708. The molecule has 0 fully saturated rings. The average Bonchev–Trinajstić information content (AvgIpc) is 2.86. The number of benzene rings is 1. The molecule has 0 spiro atoms. The maximum atomic E-state index is 12.3. The molecule has 116 valence electrons. The SMILES string of the molecule is Cn1c(=O)c2c(cc(C#Cc3cccc(Cl)c3)n2C)n(C)c1=O. The van der Waals surface area contributed by atoms with Crippen LogP contribution in [0, 0.1) is 11.8 Å². The number of aromatic nitrogens is 3. The Morgan fingerprint density at radius 3 is 2.39 bits per heavy atom. The molecule has 0 saturated carbocycles. The molecule has 0 unspecified atom stereocenters. The minimum Gasteiger partial charge on any atom is -0.331 e. The van der Waals surface area contributed by atoms with Gasteiger partial charge in [-0.1, -0.05) is 23.6 Å². The van der Waals surface area contributed by atoms with Gasteiger partial charge >= 0.3 is 5.69 Å². The third-order valence-corrected chi connectivity index (χ3v) is 4.05. The number of hydrogen-bond acceptors (Lipinski definition) is 2. The first-order valence-corrected chi connectivity index (χ1v) is 7.31. The molecule has 0 amide bonds. The highest BCUT2D eigenvalue weighted by Crippen LogP contribution is 2.13. The summed E-state index contributed by atoms with van der Waals surface area (Å²) < 4.78 is 4.24. The lowest BCUT2D eigenvalue weighted by Crippen LogP contribution is -2.37. The Kier molecular flexibility index (Phi) is 3.63. The summed E-state index contributed by atoms with van der Waals surface area (Å²) in [5.41, 5.74) is 1.76. The number of rotatable bonds is 0. The van der Waals surface area contributed by atoms with Gasteiger partial charge in [-0.3, -0.25) is 13.9 Å². The minimum atomic E-state index is -0.359. The molecular weight excluding hydrogens is 314 g/mol. The predicted molar refractivity (Wildman–Crippen MR) is 90.8 cm³/mol. The summed E-state index contributed by atoms with van der Waals surface area (Å²) in [6, 6.07) is 8.98. The fourth-order valence-electron chi connectivity index (χ4n) is 2.49. The lowest BCUT2D eigenvalue weighted by Gasteiger charge is -2.04. The summed E-state index contributed by atoms with van der Waals surface area (Å²) in [5.74, 6) is 6.05. The van der Waals surface area contributed by atoms with Gasteiger partial charge in [0.1, 0.15) is 5.52 Å². The van der Waals surface area contributed by atoms with Crippen molar-refractivity contribution < 1.29 is 0 Å². The van der Waals surface area contributed by atoms with E-state index in [1.807, 2.05) is 12.1 Å². The Morgan fingerprint density at radius 1 is 0.957 bits per heavy atom. The Bertz CT molecular complexity index is 1110. The monoisotopic (exact) mass is 327 g/mol. The van der Waals surface area contributed by atoms with Crippen LogP contribution in [0.4, 0.5) is 0 Å². The zero-order valence-electron chi connectivity index (χ0n) is 12.9. The quantitative estimate of drug-likeness (QED) is 0.589. The van der Waals surface area contributed by atoms with E-state index in [0.717, 1.165) is 10.1 Å². The van der Waals surface area contributed by atoms with E-state index in [2.05, 4.69) is 11.8 Å². The van der Waals surface area contributed by atoms with Gasteiger partial charge in [-0.05, 0) is 30.2 Å². The summed E-state index contributed by atoms with van der Waals surface area (Å²) >= 11 is 5.94. The molecule has 3 aromatic rings. The van der Waals surface area contributed by atoms with Crippen LogP contribution in [0.1, 0.15) is 11.3 Å². The summed E-state index contributed by atoms with van der Waals surface area (Å²) in [4.78, 5) is 24.3. The van der Waals surface area contributed by atoms with E-state index in [1.165, 1.54) is 11.6 Å². The third-order valence-electron chi connectivity index (χ3n) is 3.81. The van der Waals surface area contributed by atoms with Gasteiger partial charge in [-0.25, -0.2) is 4.79 Å². The Balaban J connectivity index is 2.24. The first-order valence-electron chi connectivity index (χ1n) is 6.93. The van der Waals surface area contributed by atoms with E-state index >= 15 is 0 Å². The second-order valence-electron chi connectivity index (χ2n) is 5.29. The number of halogens is 1. The summed E-state index contributed by atoms with van der Waals surface area (Å²) in [6.07, 6.45) is 0. The molecule has 0 aliphatic heterocycles. The van der Waals surface area contributed by atoms with Crippen LogP contribution in [-0.4, -0.2) is 13.7 Å². The number of fused-ring (bicyclic) bond motifs is 1. The van der Waals surface area contributed by atoms with Crippen LogP contribution < -0.4 is 11.2 Å². The third kappa shape index (κ3) is 2.47. The van der Waals surface area contributed by atoms with Gasteiger partial charge in [-0.15, -0.1) is 0 Å². The summed E-state index contributed by atoms with van der Waals surface area (Å²) in [6.45, 7) is 0. The molecule has 0 atom stereocenters. The summed E-state index contributed by atoms with van der Waals surface area (Å²) in [7, 11) is 4.86. The zero-order valence-corrected chi connectivity index (χ0v) is 13.7. The largest absolute Gasteiger partial charge is 0.331 e. The second-order valence-corrected chi connectivity index (χ2v) is 5.72. The average molecular weight is 328 g/mol. The molecule has 0 aliphatic rings. The van der Waals surface area contributed by atoms with E-state index in [4.69, 9.17) is 11.6 Å². The van der Waals surface area contributed by atoms with Crippen molar-refractivity contribution in [2.75, 3.05) is 0 Å². The highest BCUT2D eigenvalue weighted by molar-refractivity contribution is 6.30. The maximum absolute atomic E-state index is 12.3. The second kappa shape index (κ2) is 5.49. The molecule has 5 nitrogen and oxygen atoms in total. The Labute approximate surface area is 137 Å². The molecule has 6 heteroatoms. The van der Waals surface area contributed by atoms with Gasteiger partial charge in [0.25, 0.3) is 5.56 Å². The van der Waals surface area contributed by atoms with Crippen molar-refractivity contribution in [2.45, 2.75) is 0 Å². The first-order chi connectivity index (χ1) is 10.9. The molecule has 3 rings (SSSR count). The van der Waals surface area contributed by atoms with Crippen molar-refractivity contribution in [3.05, 3.63) is 67.4 Å². The van der Waals surface area contributed by atoms with Crippen molar-refractivity contribution in [3.8, 4) is 11.8 Å². The number of nitrogens with zero attached hydrogens (tertiary/aromatic N) is 3. The fraction of sp³-hybridized carbons (Fsp3) is 0.176. The van der Waals surface area contributed by atoms with E-state index in [9.17, 15) is 9.59 Å². The molecule has 1 aromatic carbocycles. The van der Waals surface area contributed by atoms with Crippen molar-refractivity contribution in [1.82, 2.24) is 13.7 Å². The predicted octanol–water partition coefficient (Wildman–Crippen LogP) is 1.63. The lowest BCUT2D eigenvalue weighted by atomic mass is 10.2. The van der Waals surface area contributed by atoms with Crippen LogP contribution in [0.15, 0.2) is 39.9 Å². The standard InChI is InChI=1S/C17H14ClN3O2/c1-19-13(8-7-11-5-4-6-12(18)9-11)10-14-15(19)16(22)21(3)17(23)20(14)2/h4-6,9-10H,1-3H3. The van der Waals surface area contributed by atoms with Gasteiger partial charge < -0.3 is 4.57 Å². The van der Waals surface area contributed by atoms with Gasteiger partial charge in [-0.2, -0.15) is 0 Å². The van der Waals surface area contributed by atoms with E-state index in [1.54, 1.807) is 36.9 Å². The van der Waals surface area contributed by atoms with Crippen LogP contribution in [0.3, 0.4) is 0 Å². The van der Waals surface area contributed by atoms with Gasteiger partial charge in [0, 0.05) is 31.7 Å². The van der Waals surface area contributed by atoms with Crippen molar-refractivity contribution in [2.24, 2.45) is 21.1 Å². The first kappa shape index (κ1) is 15.2. The minimum absolute atomic E-state index is 0.332. The fourth-order valence-corrected chi connectivity index (χ4v) is 2.68. The molecule has 0 saturated heterocycles. The zero-order chi connectivity index (χ0) is 16.7. The molecule has 0 bridgehead atoms. The van der Waals surface area contributed by atoms with Crippen LogP contribution in [0.25, 0.3) is 11.0 Å². The van der Waals surface area contributed by atoms with E-state index in [0.29, 0.717) is 21.7 Å². The maximum Gasteiger partial charge on any atom is 0.331 e. The van der Waals surface area contributed by atoms with E-state index < -0.39 is 0 Å².